The molecule has 0 heterocycles. The van der Waals surface area contributed by atoms with E-state index in [1.807, 2.05) is 63.2 Å². The van der Waals surface area contributed by atoms with Crippen LogP contribution in [0.3, 0.4) is 0 Å². The zero-order valence-corrected chi connectivity index (χ0v) is 18.3. The van der Waals surface area contributed by atoms with Crippen molar-refractivity contribution in [3.63, 3.8) is 0 Å². The Kier molecular flexibility index (Phi) is 8.60. The van der Waals surface area contributed by atoms with Crippen LogP contribution in [0.1, 0.15) is 46.1 Å². The lowest BCUT2D eigenvalue weighted by atomic mass is 9.90. The van der Waals surface area contributed by atoms with Gasteiger partial charge in [-0.3, -0.25) is 4.79 Å². The number of rotatable bonds is 9. The summed E-state index contributed by atoms with van der Waals surface area (Å²) < 4.78 is 10.3. The van der Waals surface area contributed by atoms with Crippen LogP contribution in [0.15, 0.2) is 54.6 Å². The van der Waals surface area contributed by atoms with Gasteiger partial charge in [-0.05, 0) is 63.1 Å². The second-order valence-electron chi connectivity index (χ2n) is 8.43. The van der Waals surface area contributed by atoms with E-state index in [-0.39, 0.29) is 31.3 Å². The van der Waals surface area contributed by atoms with Crippen LogP contribution in [0.4, 0.5) is 0 Å². The van der Waals surface area contributed by atoms with Crippen molar-refractivity contribution >= 4 is 11.9 Å². The fourth-order valence-corrected chi connectivity index (χ4v) is 3.31. The van der Waals surface area contributed by atoms with E-state index in [9.17, 15) is 14.7 Å². The van der Waals surface area contributed by atoms with Gasteiger partial charge in [-0.25, -0.2) is 4.79 Å². The van der Waals surface area contributed by atoms with Gasteiger partial charge in [-0.15, -0.1) is 0 Å². The largest absolute Gasteiger partial charge is 0.464 e. The molecule has 0 aliphatic heterocycles. The van der Waals surface area contributed by atoms with E-state index in [4.69, 9.17) is 9.47 Å². The Morgan fingerprint density at radius 3 is 2.13 bits per heavy atom. The number of aliphatic hydroxyl groups excluding tert-OH is 1. The smallest absolute Gasteiger partial charge is 0.334 e. The molecule has 0 aromatic heterocycles. The maximum Gasteiger partial charge on any atom is 0.334 e. The summed E-state index contributed by atoms with van der Waals surface area (Å²) in [5.74, 6) is -1.25. The topological polar surface area (TPSA) is 72.8 Å². The third-order valence-electron chi connectivity index (χ3n) is 4.58. The molecular formula is C25H32O5. The van der Waals surface area contributed by atoms with Gasteiger partial charge in [0.05, 0.1) is 6.61 Å². The van der Waals surface area contributed by atoms with E-state index in [0.717, 1.165) is 16.7 Å². The van der Waals surface area contributed by atoms with Gasteiger partial charge in [0.25, 0.3) is 0 Å². The molecule has 0 saturated heterocycles. The lowest BCUT2D eigenvalue weighted by molar-refractivity contribution is -0.158. The van der Waals surface area contributed by atoms with Crippen LogP contribution >= 0.6 is 0 Å². The molecule has 0 amide bonds. The van der Waals surface area contributed by atoms with Gasteiger partial charge in [-0.1, -0.05) is 54.6 Å². The highest BCUT2D eigenvalue weighted by Crippen LogP contribution is 2.24. The first-order valence-corrected chi connectivity index (χ1v) is 10.4. The monoisotopic (exact) mass is 412 g/mol. The molecule has 0 bridgehead atoms. The Labute approximate surface area is 179 Å². The quantitative estimate of drug-likeness (QED) is 0.611. The summed E-state index contributed by atoms with van der Waals surface area (Å²) in [5, 5.41) is 10.2. The molecule has 0 spiro atoms. The molecule has 2 aromatic rings. The second-order valence-corrected chi connectivity index (χ2v) is 8.43. The maximum absolute atomic E-state index is 12.4. The Morgan fingerprint density at radius 2 is 1.57 bits per heavy atom. The van der Waals surface area contributed by atoms with Crippen molar-refractivity contribution in [3.05, 3.63) is 60.2 Å². The molecule has 0 radical (unpaired) electrons. The minimum Gasteiger partial charge on any atom is -0.464 e. The molecule has 5 heteroatoms. The molecular weight excluding hydrogens is 380 g/mol. The molecule has 0 fully saturated rings. The third kappa shape index (κ3) is 7.99. The van der Waals surface area contributed by atoms with Crippen molar-refractivity contribution in [2.75, 3.05) is 6.61 Å². The summed E-state index contributed by atoms with van der Waals surface area (Å²) in [6, 6.07) is 18.2. The predicted molar refractivity (Wildman–Crippen MR) is 117 cm³/mol. The van der Waals surface area contributed by atoms with Crippen LogP contribution in [-0.4, -0.2) is 35.4 Å². The molecule has 162 valence electrons. The molecule has 0 aliphatic carbocycles. The van der Waals surface area contributed by atoms with Crippen LogP contribution in [-0.2, 0) is 25.5 Å². The number of benzene rings is 2. The summed E-state index contributed by atoms with van der Waals surface area (Å²) in [7, 11) is 0. The van der Waals surface area contributed by atoms with Gasteiger partial charge in [0.2, 0.25) is 0 Å². The van der Waals surface area contributed by atoms with Crippen molar-refractivity contribution in [2.45, 2.75) is 58.7 Å². The first kappa shape index (κ1) is 23.6. The Balaban J connectivity index is 2.10. The Morgan fingerprint density at radius 1 is 0.967 bits per heavy atom. The zero-order chi connectivity index (χ0) is 22.1. The van der Waals surface area contributed by atoms with Crippen molar-refractivity contribution < 1.29 is 24.2 Å². The SMILES string of the molecule is CCOC(=O)[C@H](O)C[C@H](CC(=O)OC(C)(C)C)Cc1ccc(-c2ccccc2)cc1. The van der Waals surface area contributed by atoms with E-state index in [0.29, 0.717) is 6.42 Å². The number of carbonyl (C=O) groups is 2. The lowest BCUT2D eigenvalue weighted by Crippen LogP contribution is -2.30. The van der Waals surface area contributed by atoms with Gasteiger partial charge in [0, 0.05) is 6.42 Å². The van der Waals surface area contributed by atoms with E-state index >= 15 is 0 Å². The molecule has 2 rings (SSSR count). The minimum absolute atomic E-state index is 0.119. The van der Waals surface area contributed by atoms with Crippen LogP contribution in [0.5, 0.6) is 0 Å². The highest BCUT2D eigenvalue weighted by molar-refractivity contribution is 5.74. The predicted octanol–water partition coefficient (Wildman–Crippen LogP) is 4.56. The summed E-state index contributed by atoms with van der Waals surface area (Å²) in [4.78, 5) is 24.2. The minimum atomic E-state index is -1.26. The van der Waals surface area contributed by atoms with E-state index in [2.05, 4.69) is 12.1 Å². The summed E-state index contributed by atoms with van der Waals surface area (Å²) in [6.07, 6.45) is -0.460. The second kappa shape index (κ2) is 10.9. The highest BCUT2D eigenvalue weighted by atomic mass is 16.6. The average molecular weight is 413 g/mol. The fraction of sp³-hybridized carbons (Fsp3) is 0.440. The molecule has 30 heavy (non-hydrogen) atoms. The number of aliphatic hydroxyl groups is 1. The summed E-state index contributed by atoms with van der Waals surface area (Å²) in [6.45, 7) is 7.34. The highest BCUT2D eigenvalue weighted by Gasteiger charge is 2.26. The van der Waals surface area contributed by atoms with Crippen LogP contribution in [0.2, 0.25) is 0 Å². The molecule has 0 unspecified atom stereocenters. The van der Waals surface area contributed by atoms with E-state index in [1.165, 1.54) is 0 Å². The van der Waals surface area contributed by atoms with Crippen LogP contribution < -0.4 is 0 Å². The molecule has 0 aliphatic rings. The molecule has 2 aromatic carbocycles. The fourth-order valence-electron chi connectivity index (χ4n) is 3.31. The van der Waals surface area contributed by atoms with Gasteiger partial charge in [0.1, 0.15) is 5.60 Å². The van der Waals surface area contributed by atoms with E-state index < -0.39 is 17.7 Å². The Bertz CT molecular complexity index is 806. The van der Waals surface area contributed by atoms with Crippen molar-refractivity contribution in [3.8, 4) is 11.1 Å². The molecule has 2 atom stereocenters. The van der Waals surface area contributed by atoms with E-state index in [1.54, 1.807) is 6.92 Å². The normalized spacial score (nSPS) is 13.4. The number of carbonyl (C=O) groups excluding carboxylic acids is 2. The third-order valence-corrected chi connectivity index (χ3v) is 4.58. The number of ether oxygens (including phenoxy) is 2. The van der Waals surface area contributed by atoms with Gasteiger partial charge in [0.15, 0.2) is 6.10 Å². The standard InChI is InChI=1S/C25H32O5/c1-5-29-24(28)22(26)16-19(17-23(27)30-25(2,3)4)15-18-11-13-21(14-12-18)20-9-7-6-8-10-20/h6-14,19,22,26H,5,15-17H2,1-4H3/t19-,22-/m1/s1. The zero-order valence-electron chi connectivity index (χ0n) is 18.3. The van der Waals surface area contributed by atoms with Crippen molar-refractivity contribution in [2.24, 2.45) is 5.92 Å². The van der Waals surface area contributed by atoms with Gasteiger partial charge < -0.3 is 14.6 Å². The number of hydrogen-bond acceptors (Lipinski definition) is 5. The number of hydrogen-bond donors (Lipinski definition) is 1. The molecule has 0 saturated carbocycles. The molecule has 5 nitrogen and oxygen atoms in total. The first-order chi connectivity index (χ1) is 14.2. The van der Waals surface area contributed by atoms with Gasteiger partial charge >= 0.3 is 11.9 Å². The lowest BCUT2D eigenvalue weighted by Gasteiger charge is -2.23. The van der Waals surface area contributed by atoms with Crippen molar-refractivity contribution in [1.29, 1.82) is 0 Å². The van der Waals surface area contributed by atoms with Crippen molar-refractivity contribution in [1.82, 2.24) is 0 Å². The van der Waals surface area contributed by atoms with Crippen LogP contribution in [0, 0.1) is 5.92 Å². The molecule has 1 N–H and O–H groups in total. The average Bonchev–Trinajstić information content (AvgIpc) is 2.68. The van der Waals surface area contributed by atoms with Crippen LogP contribution in [0.25, 0.3) is 11.1 Å². The summed E-state index contributed by atoms with van der Waals surface area (Å²) >= 11 is 0. The summed E-state index contributed by atoms with van der Waals surface area (Å²) in [5.41, 5.74) is 2.68. The maximum atomic E-state index is 12.4. The number of esters is 2. The first-order valence-electron chi connectivity index (χ1n) is 10.4. The van der Waals surface area contributed by atoms with Gasteiger partial charge in [-0.2, -0.15) is 0 Å². The Hall–Kier alpha value is -2.66.